The molecule has 0 saturated heterocycles. The topological polar surface area (TPSA) is 51.6 Å². The number of halogens is 1. The molecule has 0 aliphatic carbocycles. The first kappa shape index (κ1) is 11.9. The summed E-state index contributed by atoms with van der Waals surface area (Å²) < 4.78 is 3.97. The predicted octanol–water partition coefficient (Wildman–Crippen LogP) is 3.31. The van der Waals surface area contributed by atoms with E-state index < -0.39 is 0 Å². The molecule has 0 radical (unpaired) electrons. The van der Waals surface area contributed by atoms with Gasteiger partial charge in [-0.15, -0.1) is 26.9 Å². The van der Waals surface area contributed by atoms with E-state index in [4.69, 9.17) is 11.6 Å². The highest BCUT2D eigenvalue weighted by Gasteiger charge is 2.16. The Balaban J connectivity index is 2.31. The van der Waals surface area contributed by atoms with E-state index in [2.05, 4.69) is 26.7 Å². The Bertz CT molecular complexity index is 466. The first-order valence-electron chi connectivity index (χ1n) is 5.01. The van der Waals surface area contributed by atoms with Gasteiger partial charge in [0.25, 0.3) is 0 Å². The molecule has 1 atom stereocenters. The Labute approximate surface area is 107 Å². The largest absolute Gasteiger partial charge is 0.161 e. The standard InChI is InChI=1S/C9H11ClN4S2/c1-3-4-6-7(16-14-11-6)9-13-12-8(15-9)5(2)10/h5H,3-4H2,1-2H3. The van der Waals surface area contributed by atoms with E-state index in [1.54, 1.807) is 0 Å². The van der Waals surface area contributed by atoms with Crippen molar-refractivity contribution in [2.24, 2.45) is 0 Å². The average molecular weight is 275 g/mol. The fourth-order valence-electron chi connectivity index (χ4n) is 1.26. The SMILES string of the molecule is CCCc1nnsc1-c1nnc(C(C)Cl)s1. The van der Waals surface area contributed by atoms with Crippen molar-refractivity contribution in [2.75, 3.05) is 0 Å². The molecule has 0 aliphatic heterocycles. The third-order valence-electron chi connectivity index (χ3n) is 2.02. The van der Waals surface area contributed by atoms with Crippen molar-refractivity contribution in [1.29, 1.82) is 0 Å². The maximum atomic E-state index is 5.96. The highest BCUT2D eigenvalue weighted by molar-refractivity contribution is 7.19. The Kier molecular flexibility index (Phi) is 3.83. The summed E-state index contributed by atoms with van der Waals surface area (Å²) in [5.41, 5.74) is 1.01. The summed E-state index contributed by atoms with van der Waals surface area (Å²) in [6.07, 6.45) is 1.98. The zero-order chi connectivity index (χ0) is 11.5. The van der Waals surface area contributed by atoms with Gasteiger partial charge in [-0.25, -0.2) is 0 Å². The van der Waals surface area contributed by atoms with Gasteiger partial charge in [0.05, 0.1) is 11.1 Å². The van der Waals surface area contributed by atoms with E-state index in [0.717, 1.165) is 33.4 Å². The van der Waals surface area contributed by atoms with Crippen LogP contribution in [0.4, 0.5) is 0 Å². The molecule has 0 amide bonds. The fraction of sp³-hybridized carbons (Fsp3) is 0.556. The first-order valence-corrected chi connectivity index (χ1v) is 7.04. The minimum Gasteiger partial charge on any atom is -0.142 e. The minimum absolute atomic E-state index is 0.0956. The third-order valence-corrected chi connectivity index (χ3v) is 4.38. The summed E-state index contributed by atoms with van der Waals surface area (Å²) in [5.74, 6) is 0. The lowest BCUT2D eigenvalue weighted by Crippen LogP contribution is -1.86. The summed E-state index contributed by atoms with van der Waals surface area (Å²) >= 11 is 8.85. The molecule has 1 unspecified atom stereocenters. The molecule has 0 fully saturated rings. The van der Waals surface area contributed by atoms with Gasteiger partial charge in [-0.2, -0.15) is 0 Å². The maximum Gasteiger partial charge on any atom is 0.161 e. The smallest absolute Gasteiger partial charge is 0.142 e. The molecule has 0 N–H and O–H groups in total. The number of nitrogens with zero attached hydrogens (tertiary/aromatic N) is 4. The Morgan fingerprint density at radius 2 is 2.12 bits per heavy atom. The van der Waals surface area contributed by atoms with Crippen molar-refractivity contribution in [3.05, 3.63) is 10.7 Å². The quantitative estimate of drug-likeness (QED) is 0.803. The van der Waals surface area contributed by atoms with Crippen LogP contribution in [0.2, 0.25) is 0 Å². The Hall–Kier alpha value is -0.590. The normalized spacial score (nSPS) is 12.9. The van der Waals surface area contributed by atoms with Gasteiger partial charge in [-0.3, -0.25) is 0 Å². The maximum absolute atomic E-state index is 5.96. The molecule has 2 heterocycles. The van der Waals surface area contributed by atoms with Crippen LogP contribution in [0.1, 0.15) is 36.3 Å². The zero-order valence-corrected chi connectivity index (χ0v) is 11.4. The summed E-state index contributed by atoms with van der Waals surface area (Å²) in [6.45, 7) is 4.01. The van der Waals surface area contributed by atoms with E-state index in [9.17, 15) is 0 Å². The van der Waals surface area contributed by atoms with Crippen LogP contribution in [0.3, 0.4) is 0 Å². The molecule has 2 aromatic heterocycles. The van der Waals surface area contributed by atoms with Crippen molar-refractivity contribution >= 4 is 34.5 Å². The second-order valence-electron chi connectivity index (χ2n) is 3.36. The van der Waals surface area contributed by atoms with Gasteiger partial charge in [0, 0.05) is 0 Å². The average Bonchev–Trinajstić information content (AvgIpc) is 2.84. The number of aryl methyl sites for hydroxylation is 1. The van der Waals surface area contributed by atoms with Gasteiger partial charge in [0.2, 0.25) is 0 Å². The molecule has 86 valence electrons. The zero-order valence-electron chi connectivity index (χ0n) is 8.97. The van der Waals surface area contributed by atoms with Gasteiger partial charge >= 0.3 is 0 Å². The molecular weight excluding hydrogens is 264 g/mol. The molecule has 2 aromatic rings. The number of alkyl halides is 1. The van der Waals surface area contributed by atoms with Crippen molar-refractivity contribution < 1.29 is 0 Å². The van der Waals surface area contributed by atoms with Gasteiger partial charge in [0.1, 0.15) is 9.88 Å². The molecule has 4 nitrogen and oxygen atoms in total. The lowest BCUT2D eigenvalue weighted by atomic mass is 10.2. The molecule has 2 rings (SSSR count). The van der Waals surface area contributed by atoms with Crippen molar-refractivity contribution in [3.8, 4) is 9.88 Å². The van der Waals surface area contributed by atoms with Crippen molar-refractivity contribution in [3.63, 3.8) is 0 Å². The Morgan fingerprint density at radius 3 is 2.75 bits per heavy atom. The molecule has 7 heteroatoms. The van der Waals surface area contributed by atoms with E-state index in [1.807, 2.05) is 6.92 Å². The highest BCUT2D eigenvalue weighted by Crippen LogP contribution is 2.32. The lowest BCUT2D eigenvalue weighted by molar-refractivity contribution is 0.870. The fourth-order valence-corrected chi connectivity index (χ4v) is 3.00. The van der Waals surface area contributed by atoms with Gasteiger partial charge < -0.3 is 0 Å². The van der Waals surface area contributed by atoms with Gasteiger partial charge in [0.15, 0.2) is 5.01 Å². The van der Waals surface area contributed by atoms with E-state index >= 15 is 0 Å². The lowest BCUT2D eigenvalue weighted by Gasteiger charge is -1.93. The highest BCUT2D eigenvalue weighted by atomic mass is 35.5. The molecule has 16 heavy (non-hydrogen) atoms. The number of hydrogen-bond acceptors (Lipinski definition) is 6. The van der Waals surface area contributed by atoms with Crippen LogP contribution < -0.4 is 0 Å². The molecule has 0 bridgehead atoms. The van der Waals surface area contributed by atoms with E-state index in [-0.39, 0.29) is 5.38 Å². The Morgan fingerprint density at radius 1 is 1.31 bits per heavy atom. The molecular formula is C9H11ClN4S2. The third kappa shape index (κ3) is 2.39. The summed E-state index contributed by atoms with van der Waals surface area (Å²) in [4.78, 5) is 1.03. The van der Waals surface area contributed by atoms with Crippen LogP contribution in [0.25, 0.3) is 9.88 Å². The van der Waals surface area contributed by atoms with Gasteiger partial charge in [-0.05, 0) is 24.9 Å². The van der Waals surface area contributed by atoms with E-state index in [0.29, 0.717) is 0 Å². The first-order chi connectivity index (χ1) is 7.72. The second-order valence-corrected chi connectivity index (χ2v) is 5.78. The molecule has 0 saturated carbocycles. The van der Waals surface area contributed by atoms with E-state index in [1.165, 1.54) is 22.9 Å². The van der Waals surface area contributed by atoms with Crippen LogP contribution in [0.15, 0.2) is 0 Å². The van der Waals surface area contributed by atoms with Crippen molar-refractivity contribution in [1.82, 2.24) is 19.8 Å². The summed E-state index contributed by atoms with van der Waals surface area (Å²) in [5, 5.41) is 13.9. The summed E-state index contributed by atoms with van der Waals surface area (Å²) in [7, 11) is 0. The number of hydrogen-bond donors (Lipinski definition) is 0. The predicted molar refractivity (Wildman–Crippen MR) is 67.1 cm³/mol. The van der Waals surface area contributed by atoms with Gasteiger partial charge in [-0.1, -0.05) is 29.2 Å². The van der Waals surface area contributed by atoms with Crippen LogP contribution in [-0.2, 0) is 6.42 Å². The van der Waals surface area contributed by atoms with Crippen LogP contribution >= 0.6 is 34.5 Å². The molecule has 0 aliphatic rings. The monoisotopic (exact) mass is 274 g/mol. The number of rotatable bonds is 4. The summed E-state index contributed by atoms with van der Waals surface area (Å²) in [6, 6.07) is 0. The second kappa shape index (κ2) is 5.16. The minimum atomic E-state index is -0.0956. The van der Waals surface area contributed by atoms with Crippen LogP contribution in [0.5, 0.6) is 0 Å². The van der Waals surface area contributed by atoms with Crippen molar-refractivity contribution in [2.45, 2.75) is 32.1 Å². The van der Waals surface area contributed by atoms with Crippen LogP contribution in [0, 0.1) is 0 Å². The number of aromatic nitrogens is 4. The molecule has 0 aromatic carbocycles. The van der Waals surface area contributed by atoms with Crippen LogP contribution in [-0.4, -0.2) is 19.8 Å². The molecule has 0 spiro atoms.